The molecule has 2 heterocycles. The molecular weight excluding hydrogens is 430 g/mol. The molecule has 1 amide bonds. The van der Waals surface area contributed by atoms with E-state index in [4.69, 9.17) is 14.0 Å². The van der Waals surface area contributed by atoms with E-state index in [0.29, 0.717) is 30.6 Å². The molecule has 0 saturated carbocycles. The van der Waals surface area contributed by atoms with Gasteiger partial charge in [0.15, 0.2) is 23.0 Å². The quantitative estimate of drug-likeness (QED) is 0.431. The van der Waals surface area contributed by atoms with E-state index in [1.165, 1.54) is 5.56 Å². The van der Waals surface area contributed by atoms with Crippen molar-refractivity contribution in [1.29, 1.82) is 0 Å². The van der Waals surface area contributed by atoms with E-state index in [2.05, 4.69) is 53.5 Å². The summed E-state index contributed by atoms with van der Waals surface area (Å²) in [5, 5.41) is 6.89. The maximum Gasteiger partial charge on any atom is 0.273 e. The van der Waals surface area contributed by atoms with Crippen molar-refractivity contribution >= 4 is 12.0 Å². The number of nitrogens with zero attached hydrogens (tertiary/aromatic N) is 2. The molecule has 7 nitrogen and oxygen atoms in total. The fraction of sp³-hybridized carbons (Fsp3) is 0.333. The number of aromatic nitrogens is 1. The second-order valence-electron chi connectivity index (χ2n) is 8.26. The van der Waals surface area contributed by atoms with Crippen LogP contribution in [-0.4, -0.2) is 35.3 Å². The summed E-state index contributed by atoms with van der Waals surface area (Å²) in [4.78, 5) is 15.0. The van der Waals surface area contributed by atoms with Crippen molar-refractivity contribution in [1.82, 2.24) is 15.4 Å². The highest BCUT2D eigenvalue weighted by Crippen LogP contribution is 2.32. The van der Waals surface area contributed by atoms with Gasteiger partial charge in [0.05, 0.1) is 6.54 Å². The normalized spacial score (nSPS) is 12.7. The number of carbonyl (C=O) groups excluding carboxylic acids is 1. The van der Waals surface area contributed by atoms with Crippen LogP contribution in [0.4, 0.5) is 0 Å². The summed E-state index contributed by atoms with van der Waals surface area (Å²) in [5.41, 5.74) is 2.37. The third kappa shape index (κ3) is 6.05. The Labute approximate surface area is 200 Å². The molecule has 2 aromatic carbocycles. The van der Waals surface area contributed by atoms with E-state index >= 15 is 0 Å². The molecule has 1 aliphatic heterocycles. The zero-order valence-electron chi connectivity index (χ0n) is 19.7. The number of rotatable bonds is 11. The molecule has 0 fully saturated rings. The van der Waals surface area contributed by atoms with Crippen LogP contribution < -0.4 is 14.8 Å². The minimum Gasteiger partial charge on any atom is -0.454 e. The van der Waals surface area contributed by atoms with E-state index in [1.54, 1.807) is 6.07 Å². The van der Waals surface area contributed by atoms with Crippen molar-refractivity contribution in [3.63, 3.8) is 0 Å². The molecule has 0 spiro atoms. The van der Waals surface area contributed by atoms with E-state index in [0.717, 1.165) is 30.7 Å². The van der Waals surface area contributed by atoms with Gasteiger partial charge in [-0.1, -0.05) is 67.6 Å². The lowest BCUT2D eigenvalue weighted by Gasteiger charge is -2.28. The van der Waals surface area contributed by atoms with Crippen molar-refractivity contribution in [2.45, 2.75) is 45.8 Å². The topological polar surface area (TPSA) is 76.8 Å². The first-order valence-electron chi connectivity index (χ1n) is 11.7. The fourth-order valence-corrected chi connectivity index (χ4v) is 4.05. The molecule has 0 aliphatic carbocycles. The molecule has 0 atom stereocenters. The van der Waals surface area contributed by atoms with E-state index in [1.807, 2.05) is 36.4 Å². The number of hydrogen-bond acceptors (Lipinski definition) is 6. The van der Waals surface area contributed by atoms with Crippen molar-refractivity contribution < 1.29 is 18.8 Å². The smallest absolute Gasteiger partial charge is 0.273 e. The molecule has 34 heavy (non-hydrogen) atoms. The van der Waals surface area contributed by atoms with Gasteiger partial charge in [0, 0.05) is 25.2 Å². The molecule has 0 unspecified atom stereocenters. The van der Waals surface area contributed by atoms with Gasteiger partial charge in [-0.3, -0.25) is 9.69 Å². The number of benzene rings is 2. The summed E-state index contributed by atoms with van der Waals surface area (Å²) in [7, 11) is 0. The Balaban J connectivity index is 1.35. The van der Waals surface area contributed by atoms with Crippen LogP contribution in [0.25, 0.3) is 6.08 Å². The highest BCUT2D eigenvalue weighted by molar-refractivity contribution is 5.92. The zero-order chi connectivity index (χ0) is 23.8. The number of amides is 1. The van der Waals surface area contributed by atoms with Gasteiger partial charge in [-0.15, -0.1) is 0 Å². The fourth-order valence-electron chi connectivity index (χ4n) is 4.05. The predicted molar refractivity (Wildman–Crippen MR) is 130 cm³/mol. The molecule has 0 radical (unpaired) electrons. The zero-order valence-corrected chi connectivity index (χ0v) is 19.7. The van der Waals surface area contributed by atoms with Crippen LogP contribution >= 0.6 is 0 Å². The third-order valence-electron chi connectivity index (χ3n) is 5.95. The summed E-state index contributed by atoms with van der Waals surface area (Å²) >= 11 is 0. The Morgan fingerprint density at radius 1 is 1.09 bits per heavy atom. The number of carbonyl (C=O) groups is 1. The summed E-state index contributed by atoms with van der Waals surface area (Å²) in [6.45, 7) is 6.35. The van der Waals surface area contributed by atoms with Gasteiger partial charge in [-0.25, -0.2) is 0 Å². The maximum absolute atomic E-state index is 12.6. The average Bonchev–Trinajstić information content (AvgIpc) is 3.53. The van der Waals surface area contributed by atoms with Crippen molar-refractivity contribution in [2.75, 3.05) is 13.3 Å². The first-order chi connectivity index (χ1) is 16.7. The van der Waals surface area contributed by atoms with E-state index in [-0.39, 0.29) is 18.4 Å². The molecular formula is C27H31N3O4. The van der Waals surface area contributed by atoms with Crippen LogP contribution in [0.15, 0.2) is 65.2 Å². The number of ether oxygens (including phenoxy) is 2. The summed E-state index contributed by atoms with van der Waals surface area (Å²) in [6, 6.07) is 18.0. The van der Waals surface area contributed by atoms with Crippen LogP contribution in [0, 0.1) is 0 Å². The van der Waals surface area contributed by atoms with Gasteiger partial charge >= 0.3 is 0 Å². The minimum atomic E-state index is -0.272. The van der Waals surface area contributed by atoms with Crippen LogP contribution in [0.3, 0.4) is 0 Å². The Morgan fingerprint density at radius 2 is 1.88 bits per heavy atom. The molecule has 1 N–H and O–H groups in total. The molecule has 178 valence electrons. The van der Waals surface area contributed by atoms with Crippen molar-refractivity contribution in [3.8, 4) is 11.5 Å². The molecule has 1 aromatic heterocycles. The van der Waals surface area contributed by atoms with Crippen LogP contribution in [0.1, 0.15) is 54.1 Å². The number of fused-ring (bicyclic) bond motifs is 1. The lowest BCUT2D eigenvalue weighted by Crippen LogP contribution is -2.34. The Morgan fingerprint density at radius 3 is 2.68 bits per heavy atom. The lowest BCUT2D eigenvalue weighted by atomic mass is 10.1. The first-order valence-corrected chi connectivity index (χ1v) is 11.7. The van der Waals surface area contributed by atoms with Crippen molar-refractivity contribution in [3.05, 3.63) is 83.3 Å². The third-order valence-corrected chi connectivity index (χ3v) is 5.95. The second kappa shape index (κ2) is 11.5. The molecule has 4 rings (SSSR count). The number of hydrogen-bond donors (Lipinski definition) is 1. The van der Waals surface area contributed by atoms with E-state index < -0.39 is 0 Å². The van der Waals surface area contributed by atoms with Crippen LogP contribution in [-0.2, 0) is 13.1 Å². The van der Waals surface area contributed by atoms with Gasteiger partial charge in [0.2, 0.25) is 6.79 Å². The maximum atomic E-state index is 12.6. The van der Waals surface area contributed by atoms with Gasteiger partial charge in [-0.05, 0) is 36.1 Å². The SMILES string of the molecule is CCC(CC)N(C/C=C/c1ccccc1)Cc1cc(C(=O)NCc2ccc3c(c2)OCO3)no1. The van der Waals surface area contributed by atoms with E-state index in [9.17, 15) is 4.79 Å². The van der Waals surface area contributed by atoms with Gasteiger partial charge in [-0.2, -0.15) is 0 Å². The first kappa shape index (κ1) is 23.6. The van der Waals surface area contributed by atoms with Gasteiger partial charge < -0.3 is 19.3 Å². The average molecular weight is 462 g/mol. The molecule has 3 aromatic rings. The highest BCUT2D eigenvalue weighted by atomic mass is 16.7. The predicted octanol–water partition coefficient (Wildman–Crippen LogP) is 5.04. The Kier molecular flexibility index (Phi) is 7.99. The highest BCUT2D eigenvalue weighted by Gasteiger charge is 2.19. The number of nitrogens with one attached hydrogen (secondary N) is 1. The minimum absolute atomic E-state index is 0.225. The Hall–Kier alpha value is -3.58. The molecule has 1 aliphatic rings. The molecule has 0 bridgehead atoms. The molecule has 0 saturated heterocycles. The largest absolute Gasteiger partial charge is 0.454 e. The second-order valence-corrected chi connectivity index (χ2v) is 8.26. The lowest BCUT2D eigenvalue weighted by molar-refractivity contribution is 0.0941. The summed E-state index contributed by atoms with van der Waals surface area (Å²) < 4.78 is 16.2. The standard InChI is InChI=1S/C27H31N3O4/c1-3-22(4-2)30(14-8-11-20-9-6-5-7-10-20)18-23-16-24(29-34-23)27(31)28-17-21-12-13-25-26(15-21)33-19-32-25/h5-13,15-16,22H,3-4,14,17-19H2,1-2H3,(H,28,31)/b11-8+. The van der Waals surface area contributed by atoms with Crippen molar-refractivity contribution in [2.24, 2.45) is 0 Å². The molecule has 7 heteroatoms. The van der Waals surface area contributed by atoms with Crippen LogP contribution in [0.5, 0.6) is 11.5 Å². The summed E-state index contributed by atoms with van der Waals surface area (Å²) in [6.07, 6.45) is 6.37. The van der Waals surface area contributed by atoms with Gasteiger partial charge in [0.1, 0.15) is 0 Å². The summed E-state index contributed by atoms with van der Waals surface area (Å²) in [5.74, 6) is 1.81. The monoisotopic (exact) mass is 461 g/mol. The Bertz CT molecular complexity index is 1110. The van der Waals surface area contributed by atoms with Crippen LogP contribution in [0.2, 0.25) is 0 Å². The van der Waals surface area contributed by atoms with Gasteiger partial charge in [0.25, 0.3) is 5.91 Å².